The molecule has 1 fully saturated rings. The van der Waals surface area contributed by atoms with Gasteiger partial charge in [0.2, 0.25) is 0 Å². The van der Waals surface area contributed by atoms with Gasteiger partial charge in [0.15, 0.2) is 5.84 Å². The predicted octanol–water partition coefficient (Wildman–Crippen LogP) is 2.55. The minimum absolute atomic E-state index is 0.103. The summed E-state index contributed by atoms with van der Waals surface area (Å²) in [4.78, 5) is 2.36. The molecule has 0 spiro atoms. The number of rotatable bonds is 3. The summed E-state index contributed by atoms with van der Waals surface area (Å²) in [6.07, 6.45) is 1.26. The number of nitrogens with zero attached hydrogens (tertiary/aromatic N) is 2. The number of amidine groups is 1. The van der Waals surface area contributed by atoms with E-state index in [-0.39, 0.29) is 11.9 Å². The molecule has 110 valence electrons. The molecule has 5 nitrogen and oxygen atoms in total. The topological polar surface area (TPSA) is 71.1 Å². The fourth-order valence-corrected chi connectivity index (χ4v) is 3.01. The summed E-state index contributed by atoms with van der Waals surface area (Å²) in [6, 6.07) is 6.25. The largest absolute Gasteiger partial charge is 0.409 e. The van der Waals surface area contributed by atoms with Crippen molar-refractivity contribution in [1.82, 2.24) is 0 Å². The number of nitrogens with two attached hydrogens (primary N) is 1. The Morgan fingerprint density at radius 1 is 1.60 bits per heavy atom. The van der Waals surface area contributed by atoms with Crippen LogP contribution in [0.1, 0.15) is 25.8 Å². The summed E-state index contributed by atoms with van der Waals surface area (Å²) in [6.45, 7) is 5.86. The lowest BCUT2D eigenvalue weighted by atomic mass is 10.1. The van der Waals surface area contributed by atoms with Crippen molar-refractivity contribution in [2.24, 2.45) is 10.9 Å². The molecule has 1 aromatic carbocycles. The molecule has 3 N–H and O–H groups in total. The molecule has 0 radical (unpaired) electrons. The number of ether oxygens (including phenoxy) is 1. The van der Waals surface area contributed by atoms with E-state index in [1.807, 2.05) is 18.2 Å². The quantitative estimate of drug-likeness (QED) is 0.383. The Hall–Kier alpha value is -1.27. The number of benzene rings is 1. The molecule has 1 aliphatic rings. The SMILES string of the molecule is CCC1COC(C)CN1c1ccc(/C(N)=N/O)c(Br)c1. The summed E-state index contributed by atoms with van der Waals surface area (Å²) in [5.41, 5.74) is 7.44. The number of hydrogen-bond acceptors (Lipinski definition) is 4. The fourth-order valence-electron chi connectivity index (χ4n) is 2.44. The van der Waals surface area contributed by atoms with Gasteiger partial charge in [0.25, 0.3) is 0 Å². The average molecular weight is 342 g/mol. The van der Waals surface area contributed by atoms with Crippen molar-refractivity contribution >= 4 is 27.5 Å². The van der Waals surface area contributed by atoms with Gasteiger partial charge in [0, 0.05) is 22.3 Å². The van der Waals surface area contributed by atoms with Gasteiger partial charge in [-0.1, -0.05) is 12.1 Å². The van der Waals surface area contributed by atoms with Gasteiger partial charge in [-0.2, -0.15) is 0 Å². The Labute approximate surface area is 127 Å². The zero-order chi connectivity index (χ0) is 14.7. The molecular formula is C14H20BrN3O2. The fraction of sp³-hybridized carbons (Fsp3) is 0.500. The molecule has 0 aromatic heterocycles. The minimum Gasteiger partial charge on any atom is -0.409 e. The number of oxime groups is 1. The van der Waals surface area contributed by atoms with Crippen LogP contribution < -0.4 is 10.6 Å². The van der Waals surface area contributed by atoms with Crippen molar-refractivity contribution in [3.8, 4) is 0 Å². The van der Waals surface area contributed by atoms with Gasteiger partial charge in [-0.3, -0.25) is 0 Å². The molecular weight excluding hydrogens is 322 g/mol. The van der Waals surface area contributed by atoms with E-state index in [0.717, 1.165) is 29.7 Å². The van der Waals surface area contributed by atoms with Gasteiger partial charge in [-0.15, -0.1) is 0 Å². The number of morpholine rings is 1. The second-order valence-electron chi connectivity index (χ2n) is 5.01. The maximum absolute atomic E-state index is 8.76. The van der Waals surface area contributed by atoms with E-state index in [2.05, 4.69) is 39.8 Å². The van der Waals surface area contributed by atoms with Crippen LogP contribution in [0.2, 0.25) is 0 Å². The highest BCUT2D eigenvalue weighted by Crippen LogP contribution is 2.28. The average Bonchev–Trinajstić information content (AvgIpc) is 2.46. The molecule has 2 rings (SSSR count). The highest BCUT2D eigenvalue weighted by Gasteiger charge is 2.26. The first-order chi connectivity index (χ1) is 9.56. The van der Waals surface area contributed by atoms with Crippen LogP contribution >= 0.6 is 15.9 Å². The zero-order valence-electron chi connectivity index (χ0n) is 11.7. The zero-order valence-corrected chi connectivity index (χ0v) is 13.3. The molecule has 2 unspecified atom stereocenters. The van der Waals surface area contributed by atoms with Crippen molar-refractivity contribution < 1.29 is 9.94 Å². The summed E-state index contributed by atoms with van der Waals surface area (Å²) in [7, 11) is 0. The van der Waals surface area contributed by atoms with Gasteiger partial charge < -0.3 is 20.6 Å². The molecule has 0 saturated carbocycles. The molecule has 20 heavy (non-hydrogen) atoms. The van der Waals surface area contributed by atoms with E-state index in [1.165, 1.54) is 0 Å². The second kappa shape index (κ2) is 6.45. The predicted molar refractivity (Wildman–Crippen MR) is 83.5 cm³/mol. The van der Waals surface area contributed by atoms with Gasteiger partial charge >= 0.3 is 0 Å². The summed E-state index contributed by atoms with van der Waals surface area (Å²) in [5, 5.41) is 11.8. The third-order valence-electron chi connectivity index (χ3n) is 3.61. The maximum Gasteiger partial charge on any atom is 0.171 e. The van der Waals surface area contributed by atoms with Crippen LogP contribution in [0.25, 0.3) is 0 Å². The van der Waals surface area contributed by atoms with Crippen LogP contribution in [-0.2, 0) is 4.74 Å². The molecule has 1 heterocycles. The molecule has 0 bridgehead atoms. The smallest absolute Gasteiger partial charge is 0.171 e. The van der Waals surface area contributed by atoms with Crippen molar-refractivity contribution in [1.29, 1.82) is 0 Å². The molecule has 2 atom stereocenters. The van der Waals surface area contributed by atoms with E-state index in [0.29, 0.717) is 11.6 Å². The van der Waals surface area contributed by atoms with E-state index >= 15 is 0 Å². The molecule has 6 heteroatoms. The van der Waals surface area contributed by atoms with E-state index in [4.69, 9.17) is 15.7 Å². The molecule has 1 saturated heterocycles. The Bertz CT molecular complexity index is 507. The lowest BCUT2D eigenvalue weighted by Gasteiger charge is -2.40. The second-order valence-corrected chi connectivity index (χ2v) is 5.86. The first kappa shape index (κ1) is 15.1. The van der Waals surface area contributed by atoms with Crippen LogP contribution in [0, 0.1) is 0 Å². The van der Waals surface area contributed by atoms with Crippen molar-refractivity contribution in [2.75, 3.05) is 18.1 Å². The Morgan fingerprint density at radius 2 is 2.35 bits per heavy atom. The van der Waals surface area contributed by atoms with Gasteiger partial charge in [0.1, 0.15) is 0 Å². The summed E-state index contributed by atoms with van der Waals surface area (Å²) < 4.78 is 6.54. The third-order valence-corrected chi connectivity index (χ3v) is 4.26. The van der Waals surface area contributed by atoms with E-state index in [1.54, 1.807) is 0 Å². The van der Waals surface area contributed by atoms with Gasteiger partial charge in [-0.25, -0.2) is 0 Å². The first-order valence-corrected chi connectivity index (χ1v) is 7.51. The first-order valence-electron chi connectivity index (χ1n) is 6.72. The Balaban J connectivity index is 2.30. The van der Waals surface area contributed by atoms with Gasteiger partial charge in [-0.05, 0) is 47.5 Å². The lowest BCUT2D eigenvalue weighted by molar-refractivity contribution is 0.0299. The van der Waals surface area contributed by atoms with Crippen molar-refractivity contribution in [3.05, 3.63) is 28.2 Å². The highest BCUT2D eigenvalue weighted by molar-refractivity contribution is 9.10. The normalized spacial score (nSPS) is 23.9. The maximum atomic E-state index is 8.76. The number of anilines is 1. The van der Waals surface area contributed by atoms with Crippen LogP contribution in [0.3, 0.4) is 0 Å². The van der Waals surface area contributed by atoms with E-state index in [9.17, 15) is 0 Å². The standard InChI is InChI=1S/C14H20BrN3O2/c1-3-10-8-20-9(2)7-18(10)11-4-5-12(13(15)6-11)14(16)17-19/h4-6,9-10,19H,3,7-8H2,1-2H3,(H2,16,17). The van der Waals surface area contributed by atoms with Crippen LogP contribution in [-0.4, -0.2) is 36.3 Å². The lowest BCUT2D eigenvalue weighted by Crippen LogP contribution is -2.48. The van der Waals surface area contributed by atoms with E-state index < -0.39 is 0 Å². The van der Waals surface area contributed by atoms with Crippen molar-refractivity contribution in [2.45, 2.75) is 32.4 Å². The molecule has 1 aliphatic heterocycles. The van der Waals surface area contributed by atoms with Crippen molar-refractivity contribution in [3.63, 3.8) is 0 Å². The number of halogens is 1. The summed E-state index contributed by atoms with van der Waals surface area (Å²) >= 11 is 3.48. The van der Waals surface area contributed by atoms with Gasteiger partial charge in [0.05, 0.1) is 18.8 Å². The minimum atomic E-state index is 0.103. The highest BCUT2D eigenvalue weighted by atomic mass is 79.9. The number of hydrogen-bond donors (Lipinski definition) is 2. The Kier molecular flexibility index (Phi) is 4.88. The van der Waals surface area contributed by atoms with Crippen LogP contribution in [0.4, 0.5) is 5.69 Å². The third kappa shape index (κ3) is 3.07. The Morgan fingerprint density at radius 3 is 2.95 bits per heavy atom. The summed E-state index contributed by atoms with van der Waals surface area (Å²) in [5.74, 6) is 0.103. The van der Waals surface area contributed by atoms with Crippen LogP contribution in [0.15, 0.2) is 27.8 Å². The van der Waals surface area contributed by atoms with Crippen LogP contribution in [0.5, 0.6) is 0 Å². The molecule has 0 amide bonds. The monoisotopic (exact) mass is 341 g/mol. The molecule has 0 aliphatic carbocycles. The molecule has 1 aromatic rings.